The molecule has 0 radical (unpaired) electrons. The van der Waals surface area contributed by atoms with Gasteiger partial charge in [0.25, 0.3) is 0 Å². The number of hydrogen-bond donors (Lipinski definition) is 3. The maximum Gasteiger partial charge on any atom is 0.250 e. The molecule has 3 saturated heterocycles. The van der Waals surface area contributed by atoms with Crippen LogP contribution < -0.4 is 10.6 Å². The van der Waals surface area contributed by atoms with Gasteiger partial charge in [-0.05, 0) is 62.6 Å². The molecule has 3 heterocycles. The first-order valence-corrected chi connectivity index (χ1v) is 12.2. The summed E-state index contributed by atoms with van der Waals surface area (Å²) in [4.78, 5) is 42.4. The Morgan fingerprint density at radius 1 is 1.06 bits per heavy atom. The van der Waals surface area contributed by atoms with Crippen molar-refractivity contribution in [2.75, 3.05) is 23.8 Å². The van der Waals surface area contributed by atoms with Crippen LogP contribution >= 0.6 is 11.6 Å². The third-order valence-electron chi connectivity index (χ3n) is 7.52. The summed E-state index contributed by atoms with van der Waals surface area (Å²) in [7, 11) is 0. The predicted octanol–water partition coefficient (Wildman–Crippen LogP) is 3.06. The second-order valence-electron chi connectivity index (χ2n) is 9.69. The molecule has 0 aromatic heterocycles. The van der Waals surface area contributed by atoms with E-state index in [0.29, 0.717) is 35.7 Å². The quantitative estimate of drug-likeness (QED) is 0.545. The van der Waals surface area contributed by atoms with Crippen LogP contribution in [0.25, 0.3) is 0 Å². The number of carbonyl (C=O) groups is 3. The molecule has 3 amide bonds. The summed E-state index contributed by atoms with van der Waals surface area (Å²) < 4.78 is 6.55. The number of amides is 3. The number of nitrogens with one attached hydrogen (secondary N) is 2. The number of anilines is 2. The van der Waals surface area contributed by atoms with Crippen LogP contribution in [0.5, 0.6) is 0 Å². The summed E-state index contributed by atoms with van der Waals surface area (Å²) in [6.45, 7) is 1.93. The highest BCUT2D eigenvalue weighted by Crippen LogP contribution is 2.63. The van der Waals surface area contributed by atoms with E-state index in [4.69, 9.17) is 16.3 Å². The first kappa shape index (κ1) is 23.8. The normalized spacial score (nSPS) is 30.9. The molecule has 9 heteroatoms. The smallest absolute Gasteiger partial charge is 0.250 e. The van der Waals surface area contributed by atoms with Gasteiger partial charge in [-0.15, -0.1) is 0 Å². The lowest BCUT2D eigenvalue weighted by atomic mass is 9.66. The predicted molar refractivity (Wildman–Crippen MR) is 131 cm³/mol. The van der Waals surface area contributed by atoms with Crippen LogP contribution in [-0.4, -0.2) is 58.1 Å². The average molecular weight is 498 g/mol. The topological polar surface area (TPSA) is 108 Å². The number of benzene rings is 2. The zero-order valence-corrected chi connectivity index (χ0v) is 20.1. The van der Waals surface area contributed by atoms with E-state index >= 15 is 0 Å². The second-order valence-corrected chi connectivity index (χ2v) is 10.1. The van der Waals surface area contributed by atoms with Crippen LogP contribution in [0.1, 0.15) is 26.2 Å². The molecule has 1 spiro atoms. The van der Waals surface area contributed by atoms with Crippen LogP contribution in [0.3, 0.4) is 0 Å². The molecule has 35 heavy (non-hydrogen) atoms. The molecule has 2 aromatic rings. The standard InChI is InChI=1S/C26H28ClN3O5/c1-25-12-13-26(35-25)20(19(25)22(32)28-17-6-3-2-4-7-17)24(34)30(14-5-15-31)21(26)23(33)29-18-10-8-16(27)9-11-18/h2-4,6-11,19-21,31H,5,12-15H2,1H3,(H,28,32)(H,29,33)/t19-,20+,21?,25+,26?/m1/s1. The number of aliphatic hydroxyl groups is 1. The van der Waals surface area contributed by atoms with Gasteiger partial charge in [-0.3, -0.25) is 14.4 Å². The van der Waals surface area contributed by atoms with Crippen LogP contribution in [0.4, 0.5) is 11.4 Å². The molecule has 2 unspecified atom stereocenters. The number of para-hydroxylation sites is 1. The van der Waals surface area contributed by atoms with Crippen molar-refractivity contribution >= 4 is 40.7 Å². The van der Waals surface area contributed by atoms with Crippen molar-refractivity contribution in [1.82, 2.24) is 4.90 Å². The number of rotatable bonds is 7. The van der Waals surface area contributed by atoms with Gasteiger partial charge in [0, 0.05) is 29.5 Å². The van der Waals surface area contributed by atoms with E-state index in [1.54, 1.807) is 36.4 Å². The number of ether oxygens (including phenoxy) is 1. The lowest BCUT2D eigenvalue weighted by molar-refractivity contribution is -0.143. The molecule has 2 bridgehead atoms. The Bertz CT molecular complexity index is 1140. The molecule has 5 atom stereocenters. The number of aliphatic hydroxyl groups excluding tert-OH is 1. The summed E-state index contributed by atoms with van der Waals surface area (Å²) in [5.74, 6) is -2.49. The van der Waals surface area contributed by atoms with E-state index in [0.717, 1.165) is 0 Å². The Labute approximate surface area is 208 Å². The minimum absolute atomic E-state index is 0.122. The fraction of sp³-hybridized carbons (Fsp3) is 0.423. The third-order valence-corrected chi connectivity index (χ3v) is 7.77. The van der Waals surface area contributed by atoms with Crippen LogP contribution in [0, 0.1) is 11.8 Å². The highest BCUT2D eigenvalue weighted by atomic mass is 35.5. The van der Waals surface area contributed by atoms with E-state index < -0.39 is 29.1 Å². The number of halogens is 1. The number of likely N-dealkylation sites (tertiary alicyclic amines) is 1. The molecule has 3 aliphatic rings. The van der Waals surface area contributed by atoms with E-state index in [1.807, 2.05) is 25.1 Å². The number of carbonyl (C=O) groups excluding carboxylic acids is 3. The van der Waals surface area contributed by atoms with Crippen molar-refractivity contribution in [3.63, 3.8) is 0 Å². The first-order chi connectivity index (χ1) is 16.8. The average Bonchev–Trinajstić information content (AvgIpc) is 3.40. The van der Waals surface area contributed by atoms with Gasteiger partial charge in [0.05, 0.1) is 17.4 Å². The molecule has 5 rings (SSSR count). The van der Waals surface area contributed by atoms with Crippen molar-refractivity contribution in [1.29, 1.82) is 0 Å². The minimum atomic E-state index is -1.11. The Hall–Kier alpha value is -2.94. The van der Waals surface area contributed by atoms with E-state index in [9.17, 15) is 19.5 Å². The fourth-order valence-electron chi connectivity index (χ4n) is 6.09. The molecule has 184 valence electrons. The van der Waals surface area contributed by atoms with Gasteiger partial charge in [0.15, 0.2) is 0 Å². The molecule has 8 nitrogen and oxygen atoms in total. The van der Waals surface area contributed by atoms with Crippen molar-refractivity contribution in [3.8, 4) is 0 Å². The van der Waals surface area contributed by atoms with Gasteiger partial charge in [0.2, 0.25) is 17.7 Å². The summed E-state index contributed by atoms with van der Waals surface area (Å²) in [6, 6.07) is 14.9. The minimum Gasteiger partial charge on any atom is -0.396 e. The van der Waals surface area contributed by atoms with Gasteiger partial charge >= 0.3 is 0 Å². The SMILES string of the molecule is C[C@@]12CCC3(O1)C(C(=O)Nc1ccc(Cl)cc1)N(CCCO)C(=O)[C@@H]3[C@@H]2C(=O)Nc1ccccc1. The molecule has 3 fully saturated rings. The molecular formula is C26H28ClN3O5. The van der Waals surface area contributed by atoms with Gasteiger partial charge in [-0.25, -0.2) is 0 Å². The van der Waals surface area contributed by atoms with E-state index in [2.05, 4.69) is 10.6 Å². The highest BCUT2D eigenvalue weighted by Gasteiger charge is 2.77. The maximum absolute atomic E-state index is 13.8. The summed E-state index contributed by atoms with van der Waals surface area (Å²) in [5, 5.41) is 15.8. The number of nitrogens with zero attached hydrogens (tertiary/aromatic N) is 1. The van der Waals surface area contributed by atoms with Gasteiger partial charge in [-0.2, -0.15) is 0 Å². The van der Waals surface area contributed by atoms with Gasteiger partial charge < -0.3 is 25.4 Å². The largest absolute Gasteiger partial charge is 0.396 e. The second kappa shape index (κ2) is 8.93. The van der Waals surface area contributed by atoms with Crippen molar-refractivity contribution in [2.45, 2.75) is 43.4 Å². The molecule has 2 aromatic carbocycles. The van der Waals surface area contributed by atoms with Gasteiger partial charge in [0.1, 0.15) is 11.6 Å². The maximum atomic E-state index is 13.8. The Morgan fingerprint density at radius 3 is 2.40 bits per heavy atom. The molecular weight excluding hydrogens is 470 g/mol. The lowest BCUT2D eigenvalue weighted by Crippen LogP contribution is -2.53. The van der Waals surface area contributed by atoms with Gasteiger partial charge in [-0.1, -0.05) is 29.8 Å². The summed E-state index contributed by atoms with van der Waals surface area (Å²) in [5.41, 5.74) is -0.791. The zero-order valence-electron chi connectivity index (χ0n) is 19.4. The number of hydrogen-bond acceptors (Lipinski definition) is 5. The Morgan fingerprint density at radius 2 is 1.71 bits per heavy atom. The third kappa shape index (κ3) is 3.90. The van der Waals surface area contributed by atoms with Crippen LogP contribution in [-0.2, 0) is 19.1 Å². The van der Waals surface area contributed by atoms with Crippen molar-refractivity contribution in [3.05, 3.63) is 59.6 Å². The monoisotopic (exact) mass is 497 g/mol. The Balaban J connectivity index is 1.48. The highest BCUT2D eigenvalue weighted by molar-refractivity contribution is 6.30. The zero-order chi connectivity index (χ0) is 24.8. The Kier molecular flexibility index (Phi) is 6.07. The van der Waals surface area contributed by atoms with Crippen molar-refractivity contribution < 1.29 is 24.2 Å². The number of fused-ring (bicyclic) bond motifs is 1. The van der Waals surface area contributed by atoms with Crippen LogP contribution in [0.15, 0.2) is 54.6 Å². The lowest BCUT2D eigenvalue weighted by Gasteiger charge is -2.33. The van der Waals surface area contributed by atoms with Crippen LogP contribution in [0.2, 0.25) is 5.02 Å². The summed E-state index contributed by atoms with van der Waals surface area (Å²) in [6.07, 6.45) is 1.36. The molecule has 0 saturated carbocycles. The molecule has 0 aliphatic carbocycles. The van der Waals surface area contributed by atoms with Crippen molar-refractivity contribution in [2.24, 2.45) is 11.8 Å². The first-order valence-electron chi connectivity index (χ1n) is 11.8. The molecule has 3 aliphatic heterocycles. The van der Waals surface area contributed by atoms with E-state index in [1.165, 1.54) is 4.90 Å². The summed E-state index contributed by atoms with van der Waals surface area (Å²) >= 11 is 5.97. The molecule has 3 N–H and O–H groups in total. The van der Waals surface area contributed by atoms with E-state index in [-0.39, 0.29) is 30.9 Å². The fourth-order valence-corrected chi connectivity index (χ4v) is 6.22.